The van der Waals surface area contributed by atoms with Gasteiger partial charge in [0.1, 0.15) is 0 Å². The maximum atomic E-state index is 10.1. The molecule has 0 rings (SSSR count). The average molecular weight is 141 g/mol. The summed E-state index contributed by atoms with van der Waals surface area (Å²) in [5.41, 5.74) is 0. The highest BCUT2D eigenvalue weighted by Crippen LogP contribution is 1.98. The highest BCUT2D eigenvalue weighted by molar-refractivity contribution is 5.65. The molecule has 0 aromatic heterocycles. The third-order valence-corrected chi connectivity index (χ3v) is 1.13. The first-order valence-corrected chi connectivity index (χ1v) is 3.03. The Morgan fingerprint density at radius 3 is 2.30 bits per heavy atom. The van der Waals surface area contributed by atoms with Crippen LogP contribution in [0.2, 0.25) is 0 Å². The zero-order chi connectivity index (χ0) is 8.15. The summed E-state index contributed by atoms with van der Waals surface area (Å²) >= 11 is 0. The monoisotopic (exact) mass is 141 g/mol. The van der Waals surface area contributed by atoms with E-state index in [2.05, 4.69) is 11.2 Å². The number of hydrogen-bond donors (Lipinski definition) is 2. The molecule has 0 aliphatic carbocycles. The van der Waals surface area contributed by atoms with Gasteiger partial charge < -0.3 is 10.4 Å². The molecule has 1 amide bonds. The quantitative estimate of drug-likeness (QED) is 0.561. The Morgan fingerprint density at radius 2 is 2.20 bits per heavy atom. The van der Waals surface area contributed by atoms with Crippen molar-refractivity contribution in [3.8, 4) is 12.3 Å². The van der Waals surface area contributed by atoms with Crippen LogP contribution in [0.5, 0.6) is 0 Å². The van der Waals surface area contributed by atoms with Crippen LogP contribution in [0.3, 0.4) is 0 Å². The molecule has 0 heterocycles. The zero-order valence-electron chi connectivity index (χ0n) is 6.09. The summed E-state index contributed by atoms with van der Waals surface area (Å²) in [4.78, 5) is 10.1. The van der Waals surface area contributed by atoms with E-state index >= 15 is 0 Å². The summed E-state index contributed by atoms with van der Waals surface area (Å²) in [6, 6.07) is -0.377. The number of terminal acetylenes is 1. The number of amides is 1. The zero-order valence-corrected chi connectivity index (χ0v) is 6.09. The molecule has 0 saturated heterocycles. The lowest BCUT2D eigenvalue weighted by atomic mass is 10.1. The number of hydrogen-bond acceptors (Lipinski definition) is 1. The Morgan fingerprint density at radius 1 is 1.70 bits per heavy atom. The Hall–Kier alpha value is -1.17. The molecule has 0 saturated carbocycles. The van der Waals surface area contributed by atoms with Crippen molar-refractivity contribution < 1.29 is 9.90 Å². The topological polar surface area (TPSA) is 49.3 Å². The summed E-state index contributed by atoms with van der Waals surface area (Å²) in [6.07, 6.45) is 3.97. The van der Waals surface area contributed by atoms with E-state index < -0.39 is 6.09 Å². The molecule has 3 heteroatoms. The minimum Gasteiger partial charge on any atom is -0.465 e. The molecule has 0 bridgehead atoms. The Bertz CT molecular complexity index is 157. The lowest BCUT2D eigenvalue weighted by Gasteiger charge is -2.13. The second kappa shape index (κ2) is 3.78. The fourth-order valence-corrected chi connectivity index (χ4v) is 0.534. The molecular formula is C7H11NO2. The lowest BCUT2D eigenvalue weighted by Crippen LogP contribution is -2.36. The first kappa shape index (κ1) is 8.83. The van der Waals surface area contributed by atoms with Gasteiger partial charge >= 0.3 is 6.09 Å². The van der Waals surface area contributed by atoms with Crippen molar-refractivity contribution in [1.29, 1.82) is 0 Å². The molecule has 3 nitrogen and oxygen atoms in total. The minimum absolute atomic E-state index is 0.140. The molecule has 0 aliphatic heterocycles. The third kappa shape index (κ3) is 2.98. The summed E-state index contributed by atoms with van der Waals surface area (Å²) < 4.78 is 0. The first-order valence-electron chi connectivity index (χ1n) is 3.03. The molecule has 10 heavy (non-hydrogen) atoms. The number of nitrogens with one attached hydrogen (secondary N) is 1. The predicted molar refractivity (Wildman–Crippen MR) is 38.6 cm³/mol. The van der Waals surface area contributed by atoms with Crippen molar-refractivity contribution in [2.75, 3.05) is 0 Å². The van der Waals surface area contributed by atoms with Gasteiger partial charge in [-0.1, -0.05) is 19.8 Å². The predicted octanol–water partition coefficient (Wildman–Crippen LogP) is 0.912. The van der Waals surface area contributed by atoms with Gasteiger partial charge in [0.25, 0.3) is 0 Å². The number of carbonyl (C=O) groups is 1. The second-order valence-corrected chi connectivity index (χ2v) is 2.34. The van der Waals surface area contributed by atoms with Crippen molar-refractivity contribution in [3.05, 3.63) is 0 Å². The van der Waals surface area contributed by atoms with Gasteiger partial charge in [0, 0.05) is 0 Å². The summed E-state index contributed by atoms with van der Waals surface area (Å²) in [7, 11) is 0. The van der Waals surface area contributed by atoms with Gasteiger partial charge in [0.15, 0.2) is 0 Å². The Balaban J connectivity index is 3.87. The van der Waals surface area contributed by atoms with Crippen molar-refractivity contribution in [3.63, 3.8) is 0 Å². The van der Waals surface area contributed by atoms with Crippen LogP contribution in [0.15, 0.2) is 0 Å². The van der Waals surface area contributed by atoms with Crippen LogP contribution in [0.1, 0.15) is 13.8 Å². The highest BCUT2D eigenvalue weighted by atomic mass is 16.4. The normalized spacial score (nSPS) is 12.2. The maximum Gasteiger partial charge on any atom is 0.405 e. The van der Waals surface area contributed by atoms with E-state index in [0.29, 0.717) is 0 Å². The SMILES string of the molecule is C#CC(NC(=O)O)C(C)C. The van der Waals surface area contributed by atoms with Crippen molar-refractivity contribution in [2.45, 2.75) is 19.9 Å². The molecule has 0 fully saturated rings. The minimum atomic E-state index is -1.07. The fourth-order valence-electron chi connectivity index (χ4n) is 0.534. The molecule has 0 aromatic carbocycles. The third-order valence-electron chi connectivity index (χ3n) is 1.13. The van der Waals surface area contributed by atoms with Crippen molar-refractivity contribution >= 4 is 6.09 Å². The number of carboxylic acid groups (broad SMARTS) is 1. The largest absolute Gasteiger partial charge is 0.465 e. The van der Waals surface area contributed by atoms with Crippen molar-refractivity contribution in [1.82, 2.24) is 5.32 Å². The van der Waals surface area contributed by atoms with Crippen LogP contribution < -0.4 is 5.32 Å². The van der Waals surface area contributed by atoms with Gasteiger partial charge in [-0.05, 0) is 5.92 Å². The molecule has 2 N–H and O–H groups in total. The highest BCUT2D eigenvalue weighted by Gasteiger charge is 2.10. The van der Waals surface area contributed by atoms with Crippen LogP contribution in [-0.4, -0.2) is 17.2 Å². The Labute approximate surface area is 60.4 Å². The first-order chi connectivity index (χ1) is 4.57. The standard InChI is InChI=1S/C7H11NO2/c1-4-6(5(2)3)8-7(9)10/h1,5-6,8H,2-3H3,(H,9,10). The van der Waals surface area contributed by atoms with E-state index in [-0.39, 0.29) is 12.0 Å². The molecule has 1 atom stereocenters. The molecule has 0 spiro atoms. The van der Waals surface area contributed by atoms with E-state index in [1.807, 2.05) is 13.8 Å². The molecule has 0 radical (unpaired) electrons. The van der Waals surface area contributed by atoms with E-state index in [4.69, 9.17) is 11.5 Å². The van der Waals surface area contributed by atoms with Gasteiger partial charge in [0.2, 0.25) is 0 Å². The van der Waals surface area contributed by atoms with Crippen LogP contribution in [0, 0.1) is 18.3 Å². The summed E-state index contributed by atoms with van der Waals surface area (Å²) in [6.45, 7) is 3.72. The summed E-state index contributed by atoms with van der Waals surface area (Å²) in [5.74, 6) is 2.48. The van der Waals surface area contributed by atoms with Crippen molar-refractivity contribution in [2.24, 2.45) is 5.92 Å². The van der Waals surface area contributed by atoms with Gasteiger partial charge in [0.05, 0.1) is 6.04 Å². The second-order valence-electron chi connectivity index (χ2n) is 2.34. The lowest BCUT2D eigenvalue weighted by molar-refractivity contribution is 0.190. The van der Waals surface area contributed by atoms with E-state index in [9.17, 15) is 4.79 Å². The van der Waals surface area contributed by atoms with Crippen LogP contribution in [0.4, 0.5) is 4.79 Å². The number of rotatable bonds is 2. The molecule has 1 unspecified atom stereocenters. The molecular weight excluding hydrogens is 130 g/mol. The van der Waals surface area contributed by atoms with E-state index in [1.165, 1.54) is 0 Å². The average Bonchev–Trinajstić information content (AvgIpc) is 1.81. The van der Waals surface area contributed by atoms with Gasteiger partial charge in [-0.3, -0.25) is 0 Å². The van der Waals surface area contributed by atoms with Crippen LogP contribution in [-0.2, 0) is 0 Å². The van der Waals surface area contributed by atoms with Crippen LogP contribution >= 0.6 is 0 Å². The maximum absolute atomic E-state index is 10.1. The van der Waals surface area contributed by atoms with E-state index in [0.717, 1.165) is 0 Å². The van der Waals surface area contributed by atoms with Gasteiger partial charge in [-0.15, -0.1) is 6.42 Å². The Kier molecular flexibility index (Phi) is 3.34. The van der Waals surface area contributed by atoms with E-state index in [1.54, 1.807) is 0 Å². The van der Waals surface area contributed by atoms with Crippen LogP contribution in [0.25, 0.3) is 0 Å². The fraction of sp³-hybridized carbons (Fsp3) is 0.571. The molecule has 0 aliphatic rings. The molecule has 0 aromatic rings. The summed E-state index contributed by atoms with van der Waals surface area (Å²) in [5, 5.41) is 10.5. The molecule has 56 valence electrons. The van der Waals surface area contributed by atoms with Gasteiger partial charge in [-0.2, -0.15) is 0 Å². The van der Waals surface area contributed by atoms with Gasteiger partial charge in [-0.25, -0.2) is 4.79 Å². The smallest absolute Gasteiger partial charge is 0.405 e.